The third-order valence-electron chi connectivity index (χ3n) is 4.19. The first-order valence-electron chi connectivity index (χ1n) is 8.72. The second kappa shape index (κ2) is 8.73. The molecular formula is C19H18ClFN2O4S2. The van der Waals surface area contributed by atoms with Crippen LogP contribution in [0.25, 0.3) is 0 Å². The van der Waals surface area contributed by atoms with Crippen LogP contribution in [-0.2, 0) is 19.4 Å². The van der Waals surface area contributed by atoms with Crippen molar-refractivity contribution in [3.05, 3.63) is 47.2 Å². The van der Waals surface area contributed by atoms with E-state index in [1.54, 1.807) is 6.07 Å². The van der Waals surface area contributed by atoms with Gasteiger partial charge in [0.1, 0.15) is 5.82 Å². The zero-order chi connectivity index (χ0) is 21.2. The van der Waals surface area contributed by atoms with Crippen molar-refractivity contribution in [1.29, 1.82) is 0 Å². The second-order valence-corrected chi connectivity index (χ2v) is 10.6. The van der Waals surface area contributed by atoms with Crippen LogP contribution in [0.4, 0.5) is 15.8 Å². The maximum absolute atomic E-state index is 13.1. The molecule has 0 bridgehead atoms. The minimum Gasteiger partial charge on any atom is -0.325 e. The zero-order valence-electron chi connectivity index (χ0n) is 15.4. The molecule has 154 valence electrons. The molecular weight excluding hydrogens is 439 g/mol. The SMILES string of the molecule is C[C@H]1CC(=O)Nc2cc(S(=O)(=O)CCC(=O)Nc3ccc(F)cc3Cl)ccc2S1. The van der Waals surface area contributed by atoms with Crippen LogP contribution in [0.2, 0.25) is 5.02 Å². The number of thioether (sulfide) groups is 1. The highest BCUT2D eigenvalue weighted by molar-refractivity contribution is 8.00. The molecule has 3 rings (SSSR count). The van der Waals surface area contributed by atoms with Crippen molar-refractivity contribution in [2.24, 2.45) is 0 Å². The number of nitrogens with one attached hydrogen (secondary N) is 2. The molecule has 1 heterocycles. The summed E-state index contributed by atoms with van der Waals surface area (Å²) in [6.07, 6.45) is 0.0405. The van der Waals surface area contributed by atoms with Crippen molar-refractivity contribution in [3.63, 3.8) is 0 Å². The highest BCUT2D eigenvalue weighted by Crippen LogP contribution is 2.36. The molecule has 1 aliphatic rings. The number of halogens is 2. The Balaban J connectivity index is 1.69. The number of anilines is 2. The molecule has 0 unspecified atom stereocenters. The van der Waals surface area contributed by atoms with Crippen molar-refractivity contribution < 1.29 is 22.4 Å². The van der Waals surface area contributed by atoms with Gasteiger partial charge in [0.25, 0.3) is 0 Å². The molecule has 0 spiro atoms. The minimum atomic E-state index is -3.76. The van der Waals surface area contributed by atoms with Crippen LogP contribution >= 0.6 is 23.4 Å². The Kier molecular flexibility index (Phi) is 6.50. The Labute approximate surface area is 177 Å². The van der Waals surface area contributed by atoms with Gasteiger partial charge in [-0.25, -0.2) is 12.8 Å². The van der Waals surface area contributed by atoms with Crippen LogP contribution < -0.4 is 10.6 Å². The van der Waals surface area contributed by atoms with Crippen LogP contribution in [0.3, 0.4) is 0 Å². The van der Waals surface area contributed by atoms with Gasteiger partial charge in [-0.15, -0.1) is 11.8 Å². The van der Waals surface area contributed by atoms with E-state index in [4.69, 9.17) is 11.6 Å². The van der Waals surface area contributed by atoms with E-state index < -0.39 is 27.3 Å². The molecule has 2 aromatic carbocycles. The summed E-state index contributed by atoms with van der Waals surface area (Å²) >= 11 is 7.35. The predicted molar refractivity (Wildman–Crippen MR) is 112 cm³/mol. The second-order valence-electron chi connectivity index (χ2n) is 6.58. The van der Waals surface area contributed by atoms with E-state index in [1.807, 2.05) is 6.92 Å². The lowest BCUT2D eigenvalue weighted by molar-refractivity contribution is -0.116. The summed E-state index contributed by atoms with van der Waals surface area (Å²) in [5.74, 6) is -1.70. The third-order valence-corrected chi connectivity index (χ3v) is 7.39. The van der Waals surface area contributed by atoms with Gasteiger partial charge < -0.3 is 10.6 Å². The number of benzene rings is 2. The minimum absolute atomic E-state index is 0.0226. The predicted octanol–water partition coefficient (Wildman–Crippen LogP) is 4.10. The van der Waals surface area contributed by atoms with Gasteiger partial charge in [-0.1, -0.05) is 18.5 Å². The molecule has 0 saturated carbocycles. The molecule has 0 aromatic heterocycles. The molecule has 10 heteroatoms. The quantitative estimate of drug-likeness (QED) is 0.706. The lowest BCUT2D eigenvalue weighted by Crippen LogP contribution is -2.18. The number of carbonyl (C=O) groups is 2. The van der Waals surface area contributed by atoms with Crippen molar-refractivity contribution in [3.8, 4) is 0 Å². The number of hydrogen-bond donors (Lipinski definition) is 2. The molecule has 6 nitrogen and oxygen atoms in total. The van der Waals surface area contributed by atoms with E-state index in [1.165, 1.54) is 30.0 Å². The van der Waals surface area contributed by atoms with Gasteiger partial charge in [0.15, 0.2) is 9.84 Å². The van der Waals surface area contributed by atoms with Crippen molar-refractivity contribution >= 4 is 56.4 Å². The number of amides is 2. The largest absolute Gasteiger partial charge is 0.325 e. The Morgan fingerprint density at radius 1 is 1.31 bits per heavy atom. The lowest BCUT2D eigenvalue weighted by atomic mass is 10.3. The van der Waals surface area contributed by atoms with Gasteiger partial charge in [-0.05, 0) is 36.4 Å². The molecule has 0 saturated heterocycles. The number of hydrogen-bond acceptors (Lipinski definition) is 5. The first-order chi connectivity index (χ1) is 13.6. The smallest absolute Gasteiger partial charge is 0.225 e. The van der Waals surface area contributed by atoms with Gasteiger partial charge in [0.05, 0.1) is 27.0 Å². The Morgan fingerprint density at radius 3 is 2.79 bits per heavy atom. The van der Waals surface area contributed by atoms with E-state index >= 15 is 0 Å². The van der Waals surface area contributed by atoms with Crippen molar-refractivity contribution in [2.45, 2.75) is 34.8 Å². The van der Waals surface area contributed by atoms with Crippen LogP contribution in [0.1, 0.15) is 19.8 Å². The topological polar surface area (TPSA) is 92.3 Å². The first-order valence-corrected chi connectivity index (χ1v) is 11.6. The normalized spacial score (nSPS) is 16.5. The lowest BCUT2D eigenvalue weighted by Gasteiger charge is -2.11. The van der Waals surface area contributed by atoms with Crippen LogP contribution in [0.5, 0.6) is 0 Å². The summed E-state index contributed by atoms with van der Waals surface area (Å²) in [5, 5.41) is 5.30. The first kappa shape index (κ1) is 21.6. The Morgan fingerprint density at radius 2 is 2.07 bits per heavy atom. The zero-order valence-corrected chi connectivity index (χ0v) is 17.8. The van der Waals surface area contributed by atoms with Crippen molar-refractivity contribution in [1.82, 2.24) is 0 Å². The van der Waals surface area contributed by atoms with Crippen LogP contribution in [-0.4, -0.2) is 31.2 Å². The molecule has 0 fully saturated rings. The number of fused-ring (bicyclic) bond motifs is 1. The van der Waals surface area contributed by atoms with E-state index in [2.05, 4.69) is 10.6 Å². The molecule has 0 radical (unpaired) electrons. The van der Waals surface area contributed by atoms with Crippen LogP contribution in [0, 0.1) is 5.82 Å². The average Bonchev–Trinajstić information content (AvgIpc) is 2.78. The van der Waals surface area contributed by atoms with E-state index in [0.29, 0.717) is 12.1 Å². The monoisotopic (exact) mass is 456 g/mol. The fraction of sp³-hybridized carbons (Fsp3) is 0.263. The maximum atomic E-state index is 13.1. The summed E-state index contributed by atoms with van der Waals surface area (Å²) < 4.78 is 38.4. The van der Waals surface area contributed by atoms with Gasteiger partial charge in [-0.3, -0.25) is 9.59 Å². The average molecular weight is 457 g/mol. The molecule has 2 N–H and O–H groups in total. The number of sulfone groups is 1. The fourth-order valence-electron chi connectivity index (χ4n) is 2.77. The summed E-state index contributed by atoms with van der Waals surface area (Å²) in [6, 6.07) is 8.05. The third kappa shape index (κ3) is 5.49. The molecule has 1 atom stereocenters. The Hall–Kier alpha value is -2.10. The highest BCUT2D eigenvalue weighted by atomic mass is 35.5. The van der Waals surface area contributed by atoms with Gasteiger partial charge >= 0.3 is 0 Å². The molecule has 2 amide bonds. The summed E-state index contributed by atoms with van der Waals surface area (Å²) in [6.45, 7) is 1.93. The van der Waals surface area contributed by atoms with Gasteiger partial charge in [0.2, 0.25) is 11.8 Å². The fourth-order valence-corrected chi connectivity index (χ4v) is 5.30. The molecule has 1 aliphatic heterocycles. The molecule has 2 aromatic rings. The van der Waals surface area contributed by atoms with Gasteiger partial charge in [0, 0.05) is 23.0 Å². The molecule has 0 aliphatic carbocycles. The summed E-state index contributed by atoms with van der Waals surface area (Å²) in [7, 11) is -3.76. The van der Waals surface area contributed by atoms with E-state index in [9.17, 15) is 22.4 Å². The standard InChI is InChI=1S/C19H18ClFN2O4S2/c1-11-8-19(25)23-16-10-13(3-5-17(16)28-11)29(26,27)7-6-18(24)22-15-4-2-12(21)9-14(15)20/h2-5,9-11H,6-8H2,1H3,(H,22,24)(H,23,25)/t11-/m0/s1. The summed E-state index contributed by atoms with van der Waals surface area (Å²) in [4.78, 5) is 24.8. The number of rotatable bonds is 5. The highest BCUT2D eigenvalue weighted by Gasteiger charge is 2.23. The van der Waals surface area contributed by atoms with Crippen molar-refractivity contribution in [2.75, 3.05) is 16.4 Å². The van der Waals surface area contributed by atoms with Gasteiger partial charge in [-0.2, -0.15) is 0 Å². The molecule has 29 heavy (non-hydrogen) atoms. The van der Waals surface area contributed by atoms with E-state index in [0.717, 1.165) is 17.0 Å². The summed E-state index contributed by atoms with van der Waals surface area (Å²) in [5.41, 5.74) is 0.655. The van der Waals surface area contributed by atoms with E-state index in [-0.39, 0.29) is 33.2 Å². The number of carbonyl (C=O) groups excluding carboxylic acids is 2. The Bertz CT molecular complexity index is 1080. The maximum Gasteiger partial charge on any atom is 0.225 e. The van der Waals surface area contributed by atoms with Crippen LogP contribution in [0.15, 0.2) is 46.2 Å².